The summed E-state index contributed by atoms with van der Waals surface area (Å²) in [7, 11) is 0. The zero-order chi connectivity index (χ0) is 19.0. The number of fused-ring (bicyclic) bond motifs is 1. The van der Waals surface area contributed by atoms with Crippen molar-refractivity contribution in [3.8, 4) is 11.4 Å². The van der Waals surface area contributed by atoms with E-state index >= 15 is 0 Å². The van der Waals surface area contributed by atoms with E-state index in [0.29, 0.717) is 43.9 Å². The molecule has 4 rings (SSSR count). The molecule has 0 atom stereocenters. The van der Waals surface area contributed by atoms with Gasteiger partial charge in [-0.25, -0.2) is 9.97 Å². The lowest BCUT2D eigenvalue weighted by atomic mass is 10.2. The molecule has 0 bridgehead atoms. The number of carbonyl (C=O) groups excluding carboxylic acids is 1. The first-order chi connectivity index (χ1) is 13.0. The van der Waals surface area contributed by atoms with Crippen LogP contribution >= 0.6 is 22.9 Å². The molecule has 0 saturated heterocycles. The normalized spacial score (nSPS) is 11.0. The molecular formula is C19H15ClN4O2S. The predicted molar refractivity (Wildman–Crippen MR) is 107 cm³/mol. The number of hydrogen-bond acceptors (Lipinski definition) is 6. The number of nitrogens with zero attached hydrogens (tertiary/aromatic N) is 2. The molecule has 0 radical (unpaired) electrons. The second-order valence-electron chi connectivity index (χ2n) is 5.93. The quantitative estimate of drug-likeness (QED) is 0.530. The Morgan fingerprint density at radius 1 is 1.26 bits per heavy atom. The number of nitrogen functional groups attached to an aromatic ring is 1. The third-order valence-electron chi connectivity index (χ3n) is 4.08. The topological polar surface area (TPSA) is 94.0 Å². The number of nitrogens with two attached hydrogens (primary N) is 1. The Hall–Kier alpha value is -2.90. The van der Waals surface area contributed by atoms with Gasteiger partial charge in [-0.05, 0) is 43.3 Å². The fourth-order valence-electron chi connectivity index (χ4n) is 2.75. The Balaban J connectivity index is 1.69. The lowest BCUT2D eigenvalue weighted by Crippen LogP contribution is -2.22. The van der Waals surface area contributed by atoms with Gasteiger partial charge in [0.2, 0.25) is 0 Å². The van der Waals surface area contributed by atoms with Crippen LogP contribution in [-0.2, 0) is 6.54 Å². The van der Waals surface area contributed by atoms with Gasteiger partial charge in [0.15, 0.2) is 5.82 Å². The predicted octanol–water partition coefficient (Wildman–Crippen LogP) is 4.43. The Morgan fingerprint density at radius 2 is 2.04 bits per heavy atom. The number of thiophene rings is 1. The van der Waals surface area contributed by atoms with Crippen molar-refractivity contribution in [3.63, 3.8) is 0 Å². The smallest absolute Gasteiger partial charge is 0.263 e. The van der Waals surface area contributed by atoms with Crippen molar-refractivity contribution in [2.75, 3.05) is 5.73 Å². The van der Waals surface area contributed by atoms with Crippen molar-refractivity contribution in [2.24, 2.45) is 0 Å². The summed E-state index contributed by atoms with van der Waals surface area (Å²) in [5.41, 5.74) is 8.20. The zero-order valence-corrected chi connectivity index (χ0v) is 15.9. The maximum atomic E-state index is 12.5. The Labute approximate surface area is 164 Å². The van der Waals surface area contributed by atoms with Gasteiger partial charge in [-0.1, -0.05) is 11.6 Å². The molecule has 3 aromatic heterocycles. The highest BCUT2D eigenvalue weighted by molar-refractivity contribution is 7.21. The minimum Gasteiger partial charge on any atom is -0.467 e. The van der Waals surface area contributed by atoms with Crippen molar-refractivity contribution in [3.05, 3.63) is 64.0 Å². The third-order valence-corrected chi connectivity index (χ3v) is 5.43. The molecule has 3 heterocycles. The van der Waals surface area contributed by atoms with Gasteiger partial charge in [0.1, 0.15) is 15.5 Å². The van der Waals surface area contributed by atoms with E-state index in [1.165, 1.54) is 11.3 Å². The summed E-state index contributed by atoms with van der Waals surface area (Å²) in [5.74, 6) is 0.976. The largest absolute Gasteiger partial charge is 0.467 e. The number of hydrogen-bond donors (Lipinski definition) is 2. The van der Waals surface area contributed by atoms with Crippen LogP contribution in [0.25, 0.3) is 21.6 Å². The molecule has 136 valence electrons. The number of rotatable bonds is 4. The molecule has 0 aliphatic heterocycles. The minimum absolute atomic E-state index is 0.264. The highest BCUT2D eigenvalue weighted by Crippen LogP contribution is 2.35. The van der Waals surface area contributed by atoms with E-state index in [9.17, 15) is 4.79 Å². The number of aryl methyl sites for hydroxylation is 1. The third kappa shape index (κ3) is 3.39. The van der Waals surface area contributed by atoms with Gasteiger partial charge < -0.3 is 15.5 Å². The van der Waals surface area contributed by atoms with Gasteiger partial charge >= 0.3 is 0 Å². The number of aromatic nitrogens is 2. The molecule has 0 unspecified atom stereocenters. The molecule has 0 fully saturated rings. The number of halogens is 1. The summed E-state index contributed by atoms with van der Waals surface area (Å²) in [4.78, 5) is 22.8. The number of nitrogens with one attached hydrogen (secondary N) is 1. The van der Waals surface area contributed by atoms with Gasteiger partial charge in [-0.15, -0.1) is 11.3 Å². The molecule has 0 aliphatic carbocycles. The number of anilines is 1. The lowest BCUT2D eigenvalue weighted by molar-refractivity contribution is 0.0953. The first-order valence-corrected chi connectivity index (χ1v) is 9.35. The number of carbonyl (C=O) groups is 1. The van der Waals surface area contributed by atoms with E-state index in [1.54, 1.807) is 30.5 Å². The second kappa shape index (κ2) is 7.02. The Morgan fingerprint density at radius 3 is 2.74 bits per heavy atom. The Bertz CT molecular complexity index is 1120. The second-order valence-corrected chi connectivity index (χ2v) is 7.36. The van der Waals surface area contributed by atoms with E-state index < -0.39 is 0 Å². The summed E-state index contributed by atoms with van der Waals surface area (Å²) in [5, 5.41) is 4.16. The van der Waals surface area contributed by atoms with Crippen LogP contribution in [0.15, 0.2) is 47.1 Å². The average Bonchev–Trinajstić information content (AvgIpc) is 3.28. The summed E-state index contributed by atoms with van der Waals surface area (Å²) in [6, 6.07) is 10.9. The van der Waals surface area contributed by atoms with Crippen LogP contribution in [0.5, 0.6) is 0 Å². The molecule has 6 nitrogen and oxygen atoms in total. The van der Waals surface area contributed by atoms with E-state index in [0.717, 1.165) is 11.3 Å². The molecule has 4 aromatic rings. The summed E-state index contributed by atoms with van der Waals surface area (Å²) < 4.78 is 5.23. The van der Waals surface area contributed by atoms with Crippen LogP contribution in [0.3, 0.4) is 0 Å². The summed E-state index contributed by atoms with van der Waals surface area (Å²) in [6.07, 6.45) is 1.56. The minimum atomic E-state index is -0.264. The van der Waals surface area contributed by atoms with Crippen molar-refractivity contribution in [1.82, 2.24) is 15.3 Å². The molecule has 27 heavy (non-hydrogen) atoms. The Kier molecular flexibility index (Phi) is 4.55. The molecule has 1 aromatic carbocycles. The number of benzene rings is 1. The van der Waals surface area contributed by atoms with E-state index in [1.807, 2.05) is 19.1 Å². The maximum absolute atomic E-state index is 12.5. The van der Waals surface area contributed by atoms with Gasteiger partial charge in [0, 0.05) is 10.6 Å². The molecular weight excluding hydrogens is 384 g/mol. The van der Waals surface area contributed by atoms with Crippen molar-refractivity contribution in [1.29, 1.82) is 0 Å². The van der Waals surface area contributed by atoms with Crippen LogP contribution in [-0.4, -0.2) is 15.9 Å². The van der Waals surface area contributed by atoms with Gasteiger partial charge in [-0.2, -0.15) is 0 Å². The van der Waals surface area contributed by atoms with E-state index in [-0.39, 0.29) is 5.91 Å². The molecule has 0 saturated carbocycles. The fourth-order valence-corrected chi connectivity index (χ4v) is 3.94. The highest BCUT2D eigenvalue weighted by Gasteiger charge is 2.20. The molecule has 8 heteroatoms. The molecule has 1 amide bonds. The van der Waals surface area contributed by atoms with Gasteiger partial charge in [0.25, 0.3) is 5.91 Å². The highest BCUT2D eigenvalue weighted by atomic mass is 35.5. The summed E-state index contributed by atoms with van der Waals surface area (Å²) >= 11 is 7.20. The fraction of sp³-hybridized carbons (Fsp3) is 0.105. The maximum Gasteiger partial charge on any atom is 0.263 e. The molecule has 3 N–H and O–H groups in total. The van der Waals surface area contributed by atoms with Gasteiger partial charge in [0.05, 0.1) is 29.6 Å². The van der Waals surface area contributed by atoms with E-state index in [4.69, 9.17) is 21.8 Å². The zero-order valence-electron chi connectivity index (χ0n) is 14.3. The van der Waals surface area contributed by atoms with Crippen LogP contribution in [0.2, 0.25) is 5.02 Å². The lowest BCUT2D eigenvalue weighted by Gasteiger charge is -2.04. The van der Waals surface area contributed by atoms with Crippen LogP contribution in [0, 0.1) is 6.92 Å². The SMILES string of the molecule is Cc1nc(-c2ccc(Cl)cc2)nc2sc(C(=O)NCc3ccco3)c(N)c12. The molecule has 0 aliphatic rings. The first kappa shape index (κ1) is 17.5. The van der Waals surface area contributed by atoms with Crippen LogP contribution in [0.4, 0.5) is 5.69 Å². The summed E-state index contributed by atoms with van der Waals surface area (Å²) in [6.45, 7) is 2.15. The average molecular weight is 399 g/mol. The monoisotopic (exact) mass is 398 g/mol. The van der Waals surface area contributed by atoms with Crippen LogP contribution in [0.1, 0.15) is 21.1 Å². The van der Waals surface area contributed by atoms with Crippen LogP contribution < -0.4 is 11.1 Å². The number of furan rings is 1. The van der Waals surface area contributed by atoms with Gasteiger partial charge in [-0.3, -0.25) is 4.79 Å². The first-order valence-electron chi connectivity index (χ1n) is 8.16. The van der Waals surface area contributed by atoms with Crippen molar-refractivity contribution < 1.29 is 9.21 Å². The standard InChI is InChI=1S/C19H15ClN4O2S/c1-10-14-15(21)16(18(25)22-9-13-3-2-8-26-13)27-19(14)24-17(23-10)11-4-6-12(20)7-5-11/h2-8H,9,21H2,1H3,(H,22,25). The van der Waals surface area contributed by atoms with E-state index in [2.05, 4.69) is 15.3 Å². The van der Waals surface area contributed by atoms with Crippen molar-refractivity contribution >= 4 is 44.7 Å². The molecule has 0 spiro atoms. The number of amides is 1. The van der Waals surface area contributed by atoms with Crippen molar-refractivity contribution in [2.45, 2.75) is 13.5 Å².